The molecule has 0 saturated carbocycles. The molecule has 2 aromatic carbocycles. The van der Waals surface area contributed by atoms with E-state index in [9.17, 15) is 0 Å². The topological polar surface area (TPSA) is 40.7 Å². The Bertz CT molecular complexity index is 704. The molecule has 3 rings (SSSR count). The number of aromatic nitrogens is 2. The lowest BCUT2D eigenvalue weighted by Gasteiger charge is -2.02. The Balaban J connectivity index is 1.76. The van der Waals surface area contributed by atoms with Crippen LogP contribution in [0, 0.1) is 0 Å². The van der Waals surface area contributed by atoms with Crippen molar-refractivity contribution in [1.29, 1.82) is 0 Å². The third kappa shape index (κ3) is 2.98. The number of H-pyrrole nitrogens is 1. The van der Waals surface area contributed by atoms with Crippen LogP contribution in [0.1, 0.15) is 5.56 Å². The van der Waals surface area contributed by atoms with Crippen LogP contribution in [-0.2, 0) is 6.54 Å². The van der Waals surface area contributed by atoms with Gasteiger partial charge >= 0.3 is 0 Å². The summed E-state index contributed by atoms with van der Waals surface area (Å²) < 4.78 is 2.13. The maximum absolute atomic E-state index is 4.49. The molecule has 0 bridgehead atoms. The number of aromatic amines is 1. The maximum Gasteiger partial charge on any atom is 0.201 e. The van der Waals surface area contributed by atoms with Gasteiger partial charge in [0.05, 0.1) is 11.0 Å². The third-order valence-electron chi connectivity index (χ3n) is 2.82. The third-order valence-corrected chi connectivity index (χ3v) is 3.84. The van der Waals surface area contributed by atoms with E-state index in [1.165, 1.54) is 5.56 Å². The molecule has 0 unspecified atom stereocenters. The number of rotatable bonds is 3. The van der Waals surface area contributed by atoms with Gasteiger partial charge in [0.15, 0.2) is 0 Å². The van der Waals surface area contributed by atoms with Gasteiger partial charge in [-0.1, -0.05) is 44.0 Å². The molecular weight excluding hydrogens is 370 g/mol. The molecule has 2 N–H and O–H groups in total. The predicted molar refractivity (Wildman–Crippen MR) is 85.3 cm³/mol. The van der Waals surface area contributed by atoms with Crippen molar-refractivity contribution in [3.63, 3.8) is 0 Å². The first-order valence-electron chi connectivity index (χ1n) is 5.84. The lowest BCUT2D eigenvalue weighted by atomic mass is 10.2. The summed E-state index contributed by atoms with van der Waals surface area (Å²) in [4.78, 5) is 7.75. The van der Waals surface area contributed by atoms with Crippen LogP contribution in [0.5, 0.6) is 0 Å². The van der Waals surface area contributed by atoms with Gasteiger partial charge in [0.1, 0.15) is 0 Å². The zero-order chi connectivity index (χ0) is 13.2. The van der Waals surface area contributed by atoms with Crippen molar-refractivity contribution in [1.82, 2.24) is 9.97 Å². The quantitative estimate of drug-likeness (QED) is 0.691. The highest BCUT2D eigenvalue weighted by atomic mass is 79.9. The maximum atomic E-state index is 4.49. The largest absolute Gasteiger partial charge is 0.352 e. The highest BCUT2D eigenvalue weighted by Gasteiger charge is 2.02. The van der Waals surface area contributed by atoms with Gasteiger partial charge in [0.25, 0.3) is 0 Å². The summed E-state index contributed by atoms with van der Waals surface area (Å²) in [5, 5.41) is 3.29. The van der Waals surface area contributed by atoms with E-state index in [-0.39, 0.29) is 0 Å². The van der Waals surface area contributed by atoms with Crippen molar-refractivity contribution in [2.75, 3.05) is 5.32 Å². The Morgan fingerprint density at radius 3 is 2.53 bits per heavy atom. The van der Waals surface area contributed by atoms with Crippen LogP contribution < -0.4 is 5.32 Å². The van der Waals surface area contributed by atoms with Gasteiger partial charge in [-0.2, -0.15) is 0 Å². The standard InChI is InChI=1S/C14H11Br2N3/c15-10-3-1-9(2-4-10)8-17-14-18-12-6-5-11(16)7-13(12)19-14/h1-7H,8H2,(H2,17,18,19). The SMILES string of the molecule is Brc1ccc(CNc2nc3ccc(Br)cc3[nH]2)cc1. The summed E-state index contributed by atoms with van der Waals surface area (Å²) in [6.45, 7) is 0.744. The molecule has 0 aliphatic heterocycles. The smallest absolute Gasteiger partial charge is 0.201 e. The number of imidazole rings is 1. The van der Waals surface area contributed by atoms with Crippen LogP contribution in [-0.4, -0.2) is 9.97 Å². The molecule has 0 aliphatic rings. The summed E-state index contributed by atoms with van der Waals surface area (Å²) in [6, 6.07) is 14.2. The molecule has 1 aromatic heterocycles. The minimum Gasteiger partial charge on any atom is -0.352 e. The van der Waals surface area contributed by atoms with Crippen molar-refractivity contribution in [2.45, 2.75) is 6.54 Å². The number of hydrogen-bond donors (Lipinski definition) is 2. The van der Waals surface area contributed by atoms with Gasteiger partial charge < -0.3 is 10.3 Å². The number of nitrogens with one attached hydrogen (secondary N) is 2. The Kier molecular flexibility index (Phi) is 3.57. The highest BCUT2D eigenvalue weighted by molar-refractivity contribution is 9.10. The van der Waals surface area contributed by atoms with Crippen LogP contribution in [0.15, 0.2) is 51.4 Å². The van der Waals surface area contributed by atoms with Crippen molar-refractivity contribution in [3.05, 3.63) is 57.0 Å². The van der Waals surface area contributed by atoms with Gasteiger partial charge in [-0.05, 0) is 35.9 Å². The molecule has 0 spiro atoms. The first kappa shape index (κ1) is 12.7. The second-order valence-corrected chi connectivity index (χ2v) is 6.06. The Morgan fingerprint density at radius 2 is 1.74 bits per heavy atom. The molecular formula is C14H11Br2N3. The fourth-order valence-corrected chi connectivity index (χ4v) is 2.48. The highest BCUT2D eigenvalue weighted by Crippen LogP contribution is 2.19. The first-order valence-corrected chi connectivity index (χ1v) is 7.43. The summed E-state index contributed by atoms with van der Waals surface area (Å²) in [6.07, 6.45) is 0. The van der Waals surface area contributed by atoms with E-state index in [1.807, 2.05) is 30.3 Å². The monoisotopic (exact) mass is 379 g/mol. The number of benzene rings is 2. The average molecular weight is 381 g/mol. The van der Waals surface area contributed by atoms with Gasteiger partial charge in [-0.25, -0.2) is 4.98 Å². The average Bonchev–Trinajstić information content (AvgIpc) is 2.80. The van der Waals surface area contributed by atoms with Crippen LogP contribution in [0.4, 0.5) is 5.95 Å². The summed E-state index contributed by atoms with van der Waals surface area (Å²) in [5.41, 5.74) is 3.19. The molecule has 3 aromatic rings. The number of halogens is 2. The van der Waals surface area contributed by atoms with E-state index in [2.05, 4.69) is 59.3 Å². The van der Waals surface area contributed by atoms with Gasteiger partial charge in [0, 0.05) is 15.5 Å². The molecule has 3 nitrogen and oxygen atoms in total. The van der Waals surface area contributed by atoms with E-state index < -0.39 is 0 Å². The van der Waals surface area contributed by atoms with Crippen molar-refractivity contribution >= 4 is 48.8 Å². The molecule has 0 atom stereocenters. The van der Waals surface area contributed by atoms with E-state index in [4.69, 9.17) is 0 Å². The summed E-state index contributed by atoms with van der Waals surface area (Å²) >= 11 is 6.88. The predicted octanol–water partition coefficient (Wildman–Crippen LogP) is 4.70. The lowest BCUT2D eigenvalue weighted by Crippen LogP contribution is -2.00. The molecule has 0 radical (unpaired) electrons. The van der Waals surface area contributed by atoms with Gasteiger partial charge in [0.2, 0.25) is 5.95 Å². The molecule has 5 heteroatoms. The van der Waals surface area contributed by atoms with E-state index >= 15 is 0 Å². The fourth-order valence-electron chi connectivity index (χ4n) is 1.85. The second-order valence-electron chi connectivity index (χ2n) is 4.23. The van der Waals surface area contributed by atoms with Crippen LogP contribution in [0.25, 0.3) is 11.0 Å². The Labute approximate surface area is 127 Å². The summed E-state index contributed by atoms with van der Waals surface area (Å²) in [7, 11) is 0. The Hall–Kier alpha value is -1.33. The molecule has 19 heavy (non-hydrogen) atoms. The zero-order valence-corrected chi connectivity index (χ0v) is 13.1. The number of hydrogen-bond acceptors (Lipinski definition) is 2. The molecule has 0 saturated heterocycles. The minimum absolute atomic E-state index is 0.744. The number of nitrogens with zero attached hydrogens (tertiary/aromatic N) is 1. The lowest BCUT2D eigenvalue weighted by molar-refractivity contribution is 1.10. The van der Waals surface area contributed by atoms with E-state index in [0.29, 0.717) is 0 Å². The van der Waals surface area contributed by atoms with Gasteiger partial charge in [-0.3, -0.25) is 0 Å². The number of fused-ring (bicyclic) bond motifs is 1. The van der Waals surface area contributed by atoms with E-state index in [0.717, 1.165) is 32.5 Å². The fraction of sp³-hybridized carbons (Fsp3) is 0.0714. The van der Waals surface area contributed by atoms with E-state index in [1.54, 1.807) is 0 Å². The second kappa shape index (κ2) is 5.35. The summed E-state index contributed by atoms with van der Waals surface area (Å²) in [5.74, 6) is 0.788. The van der Waals surface area contributed by atoms with Crippen molar-refractivity contribution < 1.29 is 0 Å². The van der Waals surface area contributed by atoms with Crippen LogP contribution in [0.3, 0.4) is 0 Å². The van der Waals surface area contributed by atoms with Crippen LogP contribution >= 0.6 is 31.9 Å². The molecule has 0 fully saturated rings. The normalized spacial score (nSPS) is 10.8. The number of anilines is 1. The minimum atomic E-state index is 0.744. The zero-order valence-electron chi connectivity index (χ0n) is 9.95. The molecule has 96 valence electrons. The molecule has 0 aliphatic carbocycles. The van der Waals surface area contributed by atoms with Gasteiger partial charge in [-0.15, -0.1) is 0 Å². The van der Waals surface area contributed by atoms with Crippen molar-refractivity contribution in [2.24, 2.45) is 0 Å². The van der Waals surface area contributed by atoms with Crippen molar-refractivity contribution in [3.8, 4) is 0 Å². The van der Waals surface area contributed by atoms with Crippen LogP contribution in [0.2, 0.25) is 0 Å². The first-order chi connectivity index (χ1) is 9.20. The Morgan fingerprint density at radius 1 is 1.00 bits per heavy atom. The molecule has 1 heterocycles. The molecule has 0 amide bonds.